The predicted octanol–water partition coefficient (Wildman–Crippen LogP) is 7.16. The summed E-state index contributed by atoms with van der Waals surface area (Å²) in [5, 5.41) is 0. The molecule has 0 saturated heterocycles. The smallest absolute Gasteiger partial charge is 0.200 e. The standard InChI is InChI=1S/C25H40O2/c1-5-8-19-11-14-22(15-12-19)26-24(18-25(2,3)4)27-23-16-13-20-9-6-7-10-21(20)17-23/h11-12,14-15,20-21,23-24H,5-10,13,16-18H2,1-4H3. The van der Waals surface area contributed by atoms with Crippen molar-refractivity contribution in [2.24, 2.45) is 17.3 Å². The second-order valence-electron chi connectivity index (χ2n) is 10.1. The molecule has 2 fully saturated rings. The highest BCUT2D eigenvalue weighted by atomic mass is 16.7. The molecule has 0 amide bonds. The van der Waals surface area contributed by atoms with Gasteiger partial charge < -0.3 is 9.47 Å². The van der Waals surface area contributed by atoms with E-state index in [9.17, 15) is 0 Å². The lowest BCUT2D eigenvalue weighted by molar-refractivity contribution is -0.152. The molecule has 27 heavy (non-hydrogen) atoms. The van der Waals surface area contributed by atoms with Crippen LogP contribution >= 0.6 is 0 Å². The van der Waals surface area contributed by atoms with Gasteiger partial charge in [0.2, 0.25) is 6.29 Å². The first kappa shape index (κ1) is 20.7. The first-order valence-electron chi connectivity index (χ1n) is 11.3. The largest absolute Gasteiger partial charge is 0.465 e. The normalized spacial score (nSPS) is 27.0. The Balaban J connectivity index is 1.60. The molecular weight excluding hydrogens is 332 g/mol. The third-order valence-electron chi connectivity index (χ3n) is 6.34. The fourth-order valence-corrected chi connectivity index (χ4v) is 4.96. The van der Waals surface area contributed by atoms with E-state index in [0.717, 1.165) is 30.4 Å². The fourth-order valence-electron chi connectivity index (χ4n) is 4.96. The van der Waals surface area contributed by atoms with E-state index in [0.29, 0.717) is 6.10 Å². The SMILES string of the molecule is CCCc1ccc(OC(CC(C)(C)C)OC2CCC3CCCCC3C2)cc1. The molecule has 0 aromatic heterocycles. The van der Waals surface area contributed by atoms with E-state index < -0.39 is 0 Å². The van der Waals surface area contributed by atoms with Crippen molar-refractivity contribution in [3.63, 3.8) is 0 Å². The molecule has 0 aliphatic heterocycles. The van der Waals surface area contributed by atoms with Crippen LogP contribution < -0.4 is 4.74 Å². The molecule has 2 nitrogen and oxygen atoms in total. The molecule has 0 N–H and O–H groups in total. The van der Waals surface area contributed by atoms with Crippen LogP contribution in [0.15, 0.2) is 24.3 Å². The minimum absolute atomic E-state index is 0.146. The maximum absolute atomic E-state index is 6.58. The van der Waals surface area contributed by atoms with Gasteiger partial charge in [-0.2, -0.15) is 0 Å². The van der Waals surface area contributed by atoms with E-state index in [1.165, 1.54) is 56.9 Å². The quantitative estimate of drug-likeness (QED) is 0.473. The molecule has 2 aliphatic rings. The third-order valence-corrected chi connectivity index (χ3v) is 6.34. The number of ether oxygens (including phenoxy) is 2. The number of hydrogen-bond acceptors (Lipinski definition) is 2. The van der Waals surface area contributed by atoms with Crippen molar-refractivity contribution in [2.75, 3.05) is 0 Å². The van der Waals surface area contributed by atoms with Gasteiger partial charge in [-0.3, -0.25) is 0 Å². The lowest BCUT2D eigenvalue weighted by atomic mass is 9.70. The molecule has 3 rings (SSSR count). The van der Waals surface area contributed by atoms with Crippen LogP contribution in [0, 0.1) is 17.3 Å². The van der Waals surface area contributed by atoms with Crippen molar-refractivity contribution in [2.45, 2.75) is 104 Å². The van der Waals surface area contributed by atoms with Crippen LogP contribution in [0.2, 0.25) is 0 Å². The maximum atomic E-state index is 6.58. The van der Waals surface area contributed by atoms with Gasteiger partial charge in [-0.15, -0.1) is 0 Å². The Bertz CT molecular complexity index is 557. The first-order valence-corrected chi connectivity index (χ1v) is 11.3. The van der Waals surface area contributed by atoms with Gasteiger partial charge in [0.05, 0.1) is 6.10 Å². The molecule has 1 aromatic carbocycles. The number of benzene rings is 1. The van der Waals surface area contributed by atoms with Gasteiger partial charge in [0.1, 0.15) is 5.75 Å². The molecule has 2 aliphatic carbocycles. The summed E-state index contributed by atoms with van der Waals surface area (Å²) in [4.78, 5) is 0. The highest BCUT2D eigenvalue weighted by Crippen LogP contribution is 2.42. The van der Waals surface area contributed by atoms with E-state index >= 15 is 0 Å². The third kappa shape index (κ3) is 6.52. The minimum atomic E-state index is -0.146. The van der Waals surface area contributed by atoms with Crippen molar-refractivity contribution in [1.29, 1.82) is 0 Å². The summed E-state index contributed by atoms with van der Waals surface area (Å²) in [5.41, 5.74) is 1.57. The highest BCUT2D eigenvalue weighted by molar-refractivity contribution is 5.27. The van der Waals surface area contributed by atoms with Crippen LogP contribution in [0.1, 0.15) is 91.0 Å². The summed E-state index contributed by atoms with van der Waals surface area (Å²) >= 11 is 0. The topological polar surface area (TPSA) is 18.5 Å². The second kappa shape index (κ2) is 9.45. The molecule has 152 valence electrons. The van der Waals surface area contributed by atoms with E-state index in [1.54, 1.807) is 0 Å². The molecule has 2 heteroatoms. The Morgan fingerprint density at radius 1 is 0.963 bits per heavy atom. The average Bonchev–Trinajstić information content (AvgIpc) is 2.62. The van der Waals surface area contributed by atoms with Crippen molar-refractivity contribution in [3.05, 3.63) is 29.8 Å². The van der Waals surface area contributed by atoms with Gasteiger partial charge in [0.15, 0.2) is 0 Å². The summed E-state index contributed by atoms with van der Waals surface area (Å²) in [7, 11) is 0. The summed E-state index contributed by atoms with van der Waals surface area (Å²) in [6.07, 6.45) is 13.0. The molecule has 4 unspecified atom stereocenters. The number of fused-ring (bicyclic) bond motifs is 1. The van der Waals surface area contributed by atoms with Gasteiger partial charge in [0, 0.05) is 6.42 Å². The number of aryl methyl sites for hydroxylation is 1. The molecule has 2 saturated carbocycles. The molecule has 0 heterocycles. The van der Waals surface area contributed by atoms with Crippen LogP contribution in [0.3, 0.4) is 0 Å². The second-order valence-corrected chi connectivity index (χ2v) is 10.1. The summed E-state index contributed by atoms with van der Waals surface area (Å²) in [6.45, 7) is 9.04. The predicted molar refractivity (Wildman–Crippen MR) is 113 cm³/mol. The number of hydrogen-bond donors (Lipinski definition) is 0. The van der Waals surface area contributed by atoms with Crippen LogP contribution in [0.4, 0.5) is 0 Å². The van der Waals surface area contributed by atoms with Crippen LogP contribution in [-0.4, -0.2) is 12.4 Å². The lowest BCUT2D eigenvalue weighted by Gasteiger charge is -2.40. The van der Waals surface area contributed by atoms with Gasteiger partial charge in [-0.25, -0.2) is 0 Å². The molecule has 0 radical (unpaired) electrons. The zero-order valence-corrected chi connectivity index (χ0v) is 18.0. The average molecular weight is 373 g/mol. The van der Waals surface area contributed by atoms with Gasteiger partial charge in [-0.1, -0.05) is 71.9 Å². The Hall–Kier alpha value is -1.02. The van der Waals surface area contributed by atoms with Crippen molar-refractivity contribution in [3.8, 4) is 5.75 Å². The molecule has 0 bridgehead atoms. The Labute approximate surface area is 167 Å². The summed E-state index contributed by atoms with van der Waals surface area (Å²) in [5.74, 6) is 2.79. The van der Waals surface area contributed by atoms with Crippen molar-refractivity contribution in [1.82, 2.24) is 0 Å². The maximum Gasteiger partial charge on any atom is 0.200 e. The molecule has 4 atom stereocenters. The zero-order chi connectivity index (χ0) is 19.3. The van der Waals surface area contributed by atoms with E-state index in [4.69, 9.17) is 9.47 Å². The highest BCUT2D eigenvalue weighted by Gasteiger charge is 2.34. The zero-order valence-electron chi connectivity index (χ0n) is 18.0. The van der Waals surface area contributed by atoms with Crippen molar-refractivity contribution < 1.29 is 9.47 Å². The van der Waals surface area contributed by atoms with E-state index in [1.807, 2.05) is 0 Å². The Kier molecular flexibility index (Phi) is 7.25. The van der Waals surface area contributed by atoms with Crippen molar-refractivity contribution >= 4 is 0 Å². The van der Waals surface area contributed by atoms with E-state index in [2.05, 4.69) is 52.0 Å². The van der Waals surface area contributed by atoms with Gasteiger partial charge in [-0.05, 0) is 60.6 Å². The van der Waals surface area contributed by atoms with Crippen LogP contribution in [0.25, 0.3) is 0 Å². The van der Waals surface area contributed by atoms with Crippen LogP contribution in [0.5, 0.6) is 5.75 Å². The minimum Gasteiger partial charge on any atom is -0.465 e. The fraction of sp³-hybridized carbons (Fsp3) is 0.760. The summed E-state index contributed by atoms with van der Waals surface area (Å²) < 4.78 is 12.9. The van der Waals surface area contributed by atoms with Gasteiger partial charge >= 0.3 is 0 Å². The van der Waals surface area contributed by atoms with Crippen LogP contribution in [-0.2, 0) is 11.2 Å². The Morgan fingerprint density at radius 3 is 2.33 bits per heavy atom. The van der Waals surface area contributed by atoms with Gasteiger partial charge in [0.25, 0.3) is 0 Å². The molecule has 1 aromatic rings. The van der Waals surface area contributed by atoms with E-state index in [-0.39, 0.29) is 11.7 Å². The molecular formula is C25H40O2. The first-order chi connectivity index (χ1) is 12.9. The lowest BCUT2D eigenvalue weighted by Crippen LogP contribution is -2.37. The summed E-state index contributed by atoms with van der Waals surface area (Å²) in [6, 6.07) is 8.62. The monoisotopic (exact) mass is 372 g/mol. The number of rotatable bonds is 7. The molecule has 0 spiro atoms. The Morgan fingerprint density at radius 2 is 1.67 bits per heavy atom.